The number of anilines is 1. The summed E-state index contributed by atoms with van der Waals surface area (Å²) >= 11 is 0. The summed E-state index contributed by atoms with van der Waals surface area (Å²) in [5, 5.41) is 8.58. The summed E-state index contributed by atoms with van der Waals surface area (Å²) in [6.07, 6.45) is 4.10. The number of pyridine rings is 2. The Hall–Kier alpha value is -2.46. The van der Waals surface area contributed by atoms with Gasteiger partial charge in [-0.3, -0.25) is 9.71 Å². The molecular weight excluding hydrogens is 252 g/mol. The van der Waals surface area contributed by atoms with Gasteiger partial charge in [0.25, 0.3) is 10.0 Å². The van der Waals surface area contributed by atoms with Crippen LogP contribution >= 0.6 is 0 Å². The first-order chi connectivity index (χ1) is 8.62. The van der Waals surface area contributed by atoms with E-state index in [4.69, 9.17) is 5.26 Å². The zero-order chi connectivity index (χ0) is 13.0. The van der Waals surface area contributed by atoms with Crippen molar-refractivity contribution in [3.05, 3.63) is 48.5 Å². The van der Waals surface area contributed by atoms with Crippen LogP contribution in [0.5, 0.6) is 0 Å². The maximum Gasteiger partial charge on any atom is 0.263 e. The Bertz CT molecular complexity index is 675. The van der Waals surface area contributed by atoms with Crippen molar-refractivity contribution in [3.8, 4) is 6.07 Å². The first kappa shape index (κ1) is 12.0. The van der Waals surface area contributed by atoms with E-state index in [1.165, 1.54) is 36.7 Å². The zero-order valence-electron chi connectivity index (χ0n) is 9.11. The van der Waals surface area contributed by atoms with Gasteiger partial charge < -0.3 is 0 Å². The molecule has 0 radical (unpaired) electrons. The number of hydrogen-bond acceptors (Lipinski definition) is 5. The number of nitrogens with one attached hydrogen (secondary N) is 1. The largest absolute Gasteiger partial charge is 0.279 e. The normalized spacial score (nSPS) is 10.6. The second-order valence-corrected chi connectivity index (χ2v) is 5.01. The van der Waals surface area contributed by atoms with Gasteiger partial charge in [0.2, 0.25) is 0 Å². The molecule has 0 spiro atoms. The molecule has 0 bridgehead atoms. The fourth-order valence-electron chi connectivity index (χ4n) is 1.24. The van der Waals surface area contributed by atoms with Crippen LogP contribution in [0.2, 0.25) is 0 Å². The lowest BCUT2D eigenvalue weighted by molar-refractivity contribution is 0.601. The number of nitriles is 1. The Kier molecular flexibility index (Phi) is 3.21. The average molecular weight is 260 g/mol. The predicted molar refractivity (Wildman–Crippen MR) is 64.0 cm³/mol. The number of hydrogen-bond donors (Lipinski definition) is 1. The molecule has 6 nitrogen and oxygen atoms in total. The van der Waals surface area contributed by atoms with Gasteiger partial charge in [-0.05, 0) is 24.3 Å². The molecule has 0 aliphatic heterocycles. The molecule has 0 aliphatic rings. The molecule has 2 heterocycles. The van der Waals surface area contributed by atoms with Gasteiger partial charge >= 0.3 is 0 Å². The molecule has 0 aromatic carbocycles. The predicted octanol–water partition coefficient (Wildman–Crippen LogP) is 1.15. The Balaban J connectivity index is 2.29. The van der Waals surface area contributed by atoms with Crippen molar-refractivity contribution in [2.24, 2.45) is 0 Å². The maximum atomic E-state index is 11.9. The molecule has 0 atom stereocenters. The molecule has 0 saturated carbocycles. The van der Waals surface area contributed by atoms with E-state index in [1.54, 1.807) is 0 Å². The minimum Gasteiger partial charge on any atom is -0.279 e. The first-order valence-corrected chi connectivity index (χ1v) is 6.39. The highest BCUT2D eigenvalue weighted by atomic mass is 32.2. The molecule has 90 valence electrons. The maximum absolute atomic E-state index is 11.9. The van der Waals surface area contributed by atoms with Crippen molar-refractivity contribution < 1.29 is 8.42 Å². The topological polar surface area (TPSA) is 95.7 Å². The van der Waals surface area contributed by atoms with E-state index in [9.17, 15) is 8.42 Å². The SMILES string of the molecule is N#Cc1ccc(S(=O)(=O)Nc2ccncc2)cn1. The quantitative estimate of drug-likeness (QED) is 0.893. The van der Waals surface area contributed by atoms with Crippen LogP contribution in [0.15, 0.2) is 47.8 Å². The fourth-order valence-corrected chi connectivity index (χ4v) is 2.24. The van der Waals surface area contributed by atoms with Gasteiger partial charge in [0, 0.05) is 18.6 Å². The molecular formula is C11H8N4O2S. The lowest BCUT2D eigenvalue weighted by Gasteiger charge is -2.06. The summed E-state index contributed by atoms with van der Waals surface area (Å²) in [4.78, 5) is 7.50. The van der Waals surface area contributed by atoms with Crippen LogP contribution in [0.1, 0.15) is 5.69 Å². The summed E-state index contributed by atoms with van der Waals surface area (Å²) in [5.74, 6) is 0. The standard InChI is InChI=1S/C11H8N4O2S/c12-7-10-1-2-11(8-14-10)18(16,17)15-9-3-5-13-6-4-9/h1-6,8H,(H,13,15). The molecule has 0 fully saturated rings. The summed E-state index contributed by atoms with van der Waals surface area (Å²) in [5.41, 5.74) is 0.576. The van der Waals surface area contributed by atoms with E-state index >= 15 is 0 Å². The van der Waals surface area contributed by atoms with Gasteiger partial charge in [-0.25, -0.2) is 13.4 Å². The van der Waals surface area contributed by atoms with Crippen molar-refractivity contribution in [2.45, 2.75) is 4.90 Å². The van der Waals surface area contributed by atoms with Crippen LogP contribution in [0.25, 0.3) is 0 Å². The summed E-state index contributed by atoms with van der Waals surface area (Å²) in [6.45, 7) is 0. The van der Waals surface area contributed by atoms with Crippen LogP contribution in [0.4, 0.5) is 5.69 Å². The third kappa shape index (κ3) is 2.61. The Labute approximate surface area is 104 Å². The number of aromatic nitrogens is 2. The molecule has 2 aromatic heterocycles. The molecule has 0 amide bonds. The highest BCUT2D eigenvalue weighted by molar-refractivity contribution is 7.92. The monoisotopic (exact) mass is 260 g/mol. The highest BCUT2D eigenvalue weighted by Crippen LogP contribution is 2.14. The van der Waals surface area contributed by atoms with Gasteiger partial charge in [0.15, 0.2) is 0 Å². The summed E-state index contributed by atoms with van der Waals surface area (Å²) < 4.78 is 26.3. The molecule has 18 heavy (non-hydrogen) atoms. The van der Waals surface area contributed by atoms with Gasteiger partial charge in [-0.2, -0.15) is 5.26 Å². The third-order valence-electron chi connectivity index (χ3n) is 2.09. The van der Waals surface area contributed by atoms with E-state index in [0.29, 0.717) is 5.69 Å². The van der Waals surface area contributed by atoms with Crippen LogP contribution < -0.4 is 4.72 Å². The summed E-state index contributed by atoms with van der Waals surface area (Å²) in [7, 11) is -3.69. The first-order valence-electron chi connectivity index (χ1n) is 4.91. The highest BCUT2D eigenvalue weighted by Gasteiger charge is 2.14. The van der Waals surface area contributed by atoms with Crippen LogP contribution in [0, 0.1) is 11.3 Å². The smallest absolute Gasteiger partial charge is 0.263 e. The van der Waals surface area contributed by atoms with Gasteiger partial charge in [-0.1, -0.05) is 0 Å². The molecule has 2 aromatic rings. The van der Waals surface area contributed by atoms with E-state index in [1.807, 2.05) is 6.07 Å². The number of rotatable bonds is 3. The van der Waals surface area contributed by atoms with Crippen molar-refractivity contribution in [3.63, 3.8) is 0 Å². The molecule has 0 unspecified atom stereocenters. The van der Waals surface area contributed by atoms with Crippen molar-refractivity contribution in [2.75, 3.05) is 4.72 Å². The minimum atomic E-state index is -3.69. The van der Waals surface area contributed by atoms with Gasteiger partial charge in [-0.15, -0.1) is 0 Å². The van der Waals surface area contributed by atoms with Crippen LogP contribution in [0.3, 0.4) is 0 Å². The van der Waals surface area contributed by atoms with Crippen LogP contribution in [-0.2, 0) is 10.0 Å². The van der Waals surface area contributed by atoms with Gasteiger partial charge in [0.05, 0.1) is 5.69 Å². The second kappa shape index (κ2) is 4.81. The van der Waals surface area contributed by atoms with E-state index in [2.05, 4.69) is 14.7 Å². The average Bonchev–Trinajstić information content (AvgIpc) is 2.39. The summed E-state index contributed by atoms with van der Waals surface area (Å²) in [6, 6.07) is 7.57. The van der Waals surface area contributed by atoms with E-state index in [0.717, 1.165) is 6.20 Å². The minimum absolute atomic E-state index is 0.00156. The molecule has 0 aliphatic carbocycles. The second-order valence-electron chi connectivity index (χ2n) is 3.33. The van der Waals surface area contributed by atoms with Gasteiger partial charge in [0.1, 0.15) is 16.7 Å². The number of sulfonamides is 1. The third-order valence-corrected chi connectivity index (χ3v) is 3.46. The fraction of sp³-hybridized carbons (Fsp3) is 0. The number of nitrogens with zero attached hydrogens (tertiary/aromatic N) is 3. The molecule has 1 N–H and O–H groups in total. The van der Waals surface area contributed by atoms with Crippen molar-refractivity contribution in [1.29, 1.82) is 5.26 Å². The Morgan fingerprint density at radius 3 is 2.44 bits per heavy atom. The van der Waals surface area contributed by atoms with Crippen LogP contribution in [-0.4, -0.2) is 18.4 Å². The Morgan fingerprint density at radius 1 is 1.17 bits per heavy atom. The molecule has 2 rings (SSSR count). The Morgan fingerprint density at radius 2 is 1.89 bits per heavy atom. The lowest BCUT2D eigenvalue weighted by atomic mass is 10.4. The lowest BCUT2D eigenvalue weighted by Crippen LogP contribution is -2.13. The van der Waals surface area contributed by atoms with E-state index in [-0.39, 0.29) is 10.6 Å². The zero-order valence-corrected chi connectivity index (χ0v) is 9.92. The van der Waals surface area contributed by atoms with E-state index < -0.39 is 10.0 Å². The molecule has 0 saturated heterocycles. The molecule has 7 heteroatoms. The van der Waals surface area contributed by atoms with Crippen molar-refractivity contribution in [1.82, 2.24) is 9.97 Å². The van der Waals surface area contributed by atoms with Crippen molar-refractivity contribution >= 4 is 15.7 Å².